The molecular formula is C9H12N2O5S. The zero-order valence-corrected chi connectivity index (χ0v) is 9.90. The summed E-state index contributed by atoms with van der Waals surface area (Å²) in [7, 11) is 1.45. The first-order valence-electron chi connectivity index (χ1n) is 4.73. The van der Waals surface area contributed by atoms with Crippen LogP contribution >= 0.6 is 11.3 Å². The SMILES string of the molecule is COCC(CO)NC(=O)c1ccc([N+](=O)[O-])s1. The summed E-state index contributed by atoms with van der Waals surface area (Å²) in [5.74, 6) is -0.459. The van der Waals surface area contributed by atoms with Crippen molar-refractivity contribution in [3.63, 3.8) is 0 Å². The van der Waals surface area contributed by atoms with Crippen molar-refractivity contribution >= 4 is 22.2 Å². The fraction of sp³-hybridized carbons (Fsp3) is 0.444. The molecule has 1 amide bonds. The van der Waals surface area contributed by atoms with Gasteiger partial charge in [-0.05, 0) is 6.07 Å². The molecule has 1 atom stereocenters. The Labute approximate surface area is 101 Å². The number of rotatable bonds is 6. The quantitative estimate of drug-likeness (QED) is 0.569. The number of nitrogens with zero attached hydrogens (tertiary/aromatic N) is 1. The molecule has 1 rings (SSSR count). The molecule has 1 aromatic heterocycles. The molecule has 1 unspecified atom stereocenters. The molecule has 94 valence electrons. The molecule has 8 heteroatoms. The van der Waals surface area contributed by atoms with Gasteiger partial charge in [-0.2, -0.15) is 0 Å². The van der Waals surface area contributed by atoms with E-state index in [9.17, 15) is 14.9 Å². The summed E-state index contributed by atoms with van der Waals surface area (Å²) in [6.45, 7) is -0.0806. The monoisotopic (exact) mass is 260 g/mol. The van der Waals surface area contributed by atoms with Crippen molar-refractivity contribution in [2.75, 3.05) is 20.3 Å². The minimum atomic E-state index is -0.555. The number of nitro groups is 1. The maximum absolute atomic E-state index is 11.6. The van der Waals surface area contributed by atoms with Crippen molar-refractivity contribution in [1.82, 2.24) is 5.32 Å². The lowest BCUT2D eigenvalue weighted by Gasteiger charge is -2.14. The number of nitrogens with one attached hydrogen (secondary N) is 1. The molecule has 0 aliphatic carbocycles. The first-order chi connectivity index (χ1) is 8.08. The summed E-state index contributed by atoms with van der Waals surface area (Å²) in [6.07, 6.45) is 0. The van der Waals surface area contributed by atoms with Gasteiger partial charge < -0.3 is 15.2 Å². The molecule has 1 aromatic rings. The Morgan fingerprint density at radius 2 is 2.41 bits per heavy atom. The van der Waals surface area contributed by atoms with Gasteiger partial charge in [0.1, 0.15) is 0 Å². The molecule has 0 bridgehead atoms. The van der Waals surface area contributed by atoms with E-state index in [1.807, 2.05) is 0 Å². The van der Waals surface area contributed by atoms with Gasteiger partial charge in [-0.25, -0.2) is 0 Å². The van der Waals surface area contributed by atoms with Gasteiger partial charge in [0.2, 0.25) is 0 Å². The smallest absolute Gasteiger partial charge is 0.324 e. The van der Waals surface area contributed by atoms with Crippen LogP contribution in [0.2, 0.25) is 0 Å². The maximum Gasteiger partial charge on any atom is 0.324 e. The Morgan fingerprint density at radius 3 is 2.88 bits per heavy atom. The number of thiophene rings is 1. The van der Waals surface area contributed by atoms with Crippen LogP contribution in [0.4, 0.5) is 5.00 Å². The van der Waals surface area contributed by atoms with E-state index in [1.54, 1.807) is 0 Å². The third-order valence-electron chi connectivity index (χ3n) is 1.92. The first-order valence-corrected chi connectivity index (χ1v) is 5.55. The Hall–Kier alpha value is -1.51. The largest absolute Gasteiger partial charge is 0.394 e. The average Bonchev–Trinajstić information content (AvgIpc) is 2.77. The fourth-order valence-electron chi connectivity index (χ4n) is 1.15. The number of hydrogen-bond donors (Lipinski definition) is 2. The minimum absolute atomic E-state index is 0.0950. The van der Waals surface area contributed by atoms with Gasteiger partial charge >= 0.3 is 5.00 Å². The minimum Gasteiger partial charge on any atom is -0.394 e. The van der Waals surface area contributed by atoms with Crippen molar-refractivity contribution in [3.8, 4) is 0 Å². The van der Waals surface area contributed by atoms with Crippen molar-refractivity contribution in [3.05, 3.63) is 27.1 Å². The van der Waals surface area contributed by atoms with E-state index in [0.717, 1.165) is 11.3 Å². The van der Waals surface area contributed by atoms with Gasteiger partial charge in [0.25, 0.3) is 5.91 Å². The number of ether oxygens (including phenoxy) is 1. The van der Waals surface area contributed by atoms with E-state index in [4.69, 9.17) is 9.84 Å². The highest BCUT2D eigenvalue weighted by atomic mass is 32.1. The molecule has 0 aliphatic heterocycles. The lowest BCUT2D eigenvalue weighted by atomic mass is 10.3. The summed E-state index contributed by atoms with van der Waals surface area (Å²) in [5, 5.41) is 21.8. The number of amides is 1. The van der Waals surface area contributed by atoms with Crippen molar-refractivity contribution in [2.45, 2.75) is 6.04 Å². The number of aliphatic hydroxyl groups excluding tert-OH is 1. The van der Waals surface area contributed by atoms with E-state index < -0.39 is 16.9 Å². The highest BCUT2D eigenvalue weighted by molar-refractivity contribution is 7.17. The average molecular weight is 260 g/mol. The molecule has 1 heterocycles. The van der Waals surface area contributed by atoms with E-state index >= 15 is 0 Å². The zero-order valence-electron chi connectivity index (χ0n) is 9.08. The number of carbonyl (C=O) groups excluding carboxylic acids is 1. The Morgan fingerprint density at radius 1 is 1.71 bits per heavy atom. The predicted octanol–water partition coefficient (Wildman–Crippen LogP) is 0.393. The third kappa shape index (κ3) is 3.77. The Kier molecular flexibility index (Phi) is 5.01. The standard InChI is InChI=1S/C9H12N2O5S/c1-16-5-6(4-12)10-9(13)7-2-3-8(17-7)11(14)15/h2-3,6,12H,4-5H2,1H3,(H,10,13). The van der Waals surface area contributed by atoms with Crippen LogP contribution < -0.4 is 5.32 Å². The van der Waals surface area contributed by atoms with Gasteiger partial charge in [0.15, 0.2) is 0 Å². The van der Waals surface area contributed by atoms with Gasteiger partial charge in [0.05, 0.1) is 29.1 Å². The summed E-state index contributed by atoms with van der Waals surface area (Å²) in [4.78, 5) is 21.7. The molecule has 0 radical (unpaired) electrons. The molecule has 7 nitrogen and oxygen atoms in total. The number of aliphatic hydroxyl groups is 1. The van der Waals surface area contributed by atoms with Crippen LogP contribution in [0.25, 0.3) is 0 Å². The molecule has 0 fully saturated rings. The first kappa shape index (κ1) is 13.6. The zero-order chi connectivity index (χ0) is 12.8. The van der Waals surface area contributed by atoms with Crippen molar-refractivity contribution in [2.24, 2.45) is 0 Å². The van der Waals surface area contributed by atoms with Gasteiger partial charge in [-0.3, -0.25) is 14.9 Å². The molecule has 0 spiro atoms. The van der Waals surface area contributed by atoms with Crippen LogP contribution in [-0.2, 0) is 4.74 Å². The summed E-state index contributed by atoms with van der Waals surface area (Å²) >= 11 is 0.786. The topological polar surface area (TPSA) is 102 Å². The lowest BCUT2D eigenvalue weighted by Crippen LogP contribution is -2.40. The van der Waals surface area contributed by atoms with Crippen LogP contribution in [0.5, 0.6) is 0 Å². The normalized spacial score (nSPS) is 12.1. The predicted molar refractivity (Wildman–Crippen MR) is 61.2 cm³/mol. The molecule has 0 saturated heterocycles. The third-order valence-corrected chi connectivity index (χ3v) is 2.95. The van der Waals surface area contributed by atoms with Crippen molar-refractivity contribution < 1.29 is 19.6 Å². The molecule has 2 N–H and O–H groups in total. The van der Waals surface area contributed by atoms with Gasteiger partial charge in [-0.15, -0.1) is 0 Å². The number of hydrogen-bond acceptors (Lipinski definition) is 6. The molecule has 0 aromatic carbocycles. The summed E-state index contributed by atoms with van der Waals surface area (Å²) in [6, 6.07) is 2.12. The van der Waals surface area contributed by atoms with E-state index in [-0.39, 0.29) is 23.1 Å². The number of carbonyl (C=O) groups is 1. The van der Waals surface area contributed by atoms with E-state index in [2.05, 4.69) is 5.32 Å². The lowest BCUT2D eigenvalue weighted by molar-refractivity contribution is -0.380. The van der Waals surface area contributed by atoms with Gasteiger partial charge in [-0.1, -0.05) is 11.3 Å². The Bertz CT molecular complexity index is 406. The highest BCUT2D eigenvalue weighted by Gasteiger charge is 2.17. The van der Waals surface area contributed by atoms with Crippen molar-refractivity contribution in [1.29, 1.82) is 0 Å². The summed E-state index contributed by atoms with van der Waals surface area (Å²) < 4.78 is 4.80. The second-order valence-electron chi connectivity index (χ2n) is 3.20. The molecule has 17 heavy (non-hydrogen) atoms. The molecule has 0 aliphatic rings. The maximum atomic E-state index is 11.6. The van der Waals surface area contributed by atoms with Crippen LogP contribution in [0.3, 0.4) is 0 Å². The Balaban J connectivity index is 2.65. The van der Waals surface area contributed by atoms with Gasteiger partial charge in [0, 0.05) is 13.2 Å². The van der Waals surface area contributed by atoms with Crippen LogP contribution in [0.1, 0.15) is 9.67 Å². The number of methoxy groups -OCH3 is 1. The van der Waals surface area contributed by atoms with E-state index in [1.165, 1.54) is 19.2 Å². The summed E-state index contributed by atoms with van der Waals surface area (Å²) in [5.41, 5.74) is 0. The highest BCUT2D eigenvalue weighted by Crippen LogP contribution is 2.23. The molecular weight excluding hydrogens is 248 g/mol. The van der Waals surface area contributed by atoms with Crippen LogP contribution in [0, 0.1) is 10.1 Å². The van der Waals surface area contributed by atoms with Crippen LogP contribution in [0.15, 0.2) is 12.1 Å². The molecule has 0 saturated carbocycles. The fourth-order valence-corrected chi connectivity index (χ4v) is 1.87. The van der Waals surface area contributed by atoms with Crippen LogP contribution in [-0.4, -0.2) is 42.3 Å². The second-order valence-corrected chi connectivity index (χ2v) is 4.27. The second kappa shape index (κ2) is 6.28. The van der Waals surface area contributed by atoms with E-state index in [0.29, 0.717) is 0 Å².